The van der Waals surface area contributed by atoms with Crippen LogP contribution in [0, 0.1) is 6.92 Å². The Morgan fingerprint density at radius 3 is 2.59 bits per heavy atom. The minimum Gasteiger partial charge on any atom is -0.355 e. The Kier molecular flexibility index (Phi) is 7.08. The molecular weight excluding hydrogens is 384 g/mol. The second kappa shape index (κ2) is 9.93. The third kappa shape index (κ3) is 5.71. The number of nitrogens with zero attached hydrogens (tertiary/aromatic N) is 2. The second-order valence-corrected chi connectivity index (χ2v) is 7.72. The van der Waals surface area contributed by atoms with Gasteiger partial charge in [-0.2, -0.15) is 0 Å². The zero-order valence-electron chi connectivity index (χ0n) is 16.5. The zero-order valence-corrected chi connectivity index (χ0v) is 17.3. The van der Waals surface area contributed by atoms with Crippen molar-refractivity contribution in [2.24, 2.45) is 0 Å². The molecule has 0 unspecified atom stereocenters. The molecule has 0 saturated heterocycles. The minimum absolute atomic E-state index is 0.0656. The molecule has 1 heterocycles. The quantitative estimate of drug-likeness (QED) is 0.586. The molecule has 2 N–H and O–H groups in total. The van der Waals surface area contributed by atoms with Crippen LogP contribution < -0.4 is 10.6 Å². The van der Waals surface area contributed by atoms with Crippen molar-refractivity contribution in [2.45, 2.75) is 32.6 Å². The lowest BCUT2D eigenvalue weighted by molar-refractivity contribution is -0.122. The SMILES string of the molecule is CC[C@@H](C(=O)NCCC(=O)Nc1nnc(-c2cccc(C)c2)s1)c1ccccc1. The van der Waals surface area contributed by atoms with E-state index in [1.165, 1.54) is 11.3 Å². The van der Waals surface area contributed by atoms with Crippen molar-refractivity contribution < 1.29 is 9.59 Å². The lowest BCUT2D eigenvalue weighted by Gasteiger charge is -2.15. The number of amides is 2. The van der Waals surface area contributed by atoms with Gasteiger partial charge in [-0.25, -0.2) is 0 Å². The van der Waals surface area contributed by atoms with Crippen LogP contribution in [0.2, 0.25) is 0 Å². The first kappa shape index (κ1) is 20.7. The van der Waals surface area contributed by atoms with E-state index < -0.39 is 0 Å². The van der Waals surface area contributed by atoms with Gasteiger partial charge in [-0.05, 0) is 25.0 Å². The van der Waals surface area contributed by atoms with Crippen LogP contribution >= 0.6 is 11.3 Å². The third-order valence-corrected chi connectivity index (χ3v) is 5.40. The fourth-order valence-electron chi connectivity index (χ4n) is 3.03. The Morgan fingerprint density at radius 1 is 1.07 bits per heavy atom. The van der Waals surface area contributed by atoms with Gasteiger partial charge in [0.15, 0.2) is 0 Å². The van der Waals surface area contributed by atoms with E-state index in [9.17, 15) is 9.59 Å². The maximum atomic E-state index is 12.4. The van der Waals surface area contributed by atoms with Gasteiger partial charge in [0.25, 0.3) is 0 Å². The zero-order chi connectivity index (χ0) is 20.6. The van der Waals surface area contributed by atoms with E-state index >= 15 is 0 Å². The Hall–Kier alpha value is -3.06. The highest BCUT2D eigenvalue weighted by molar-refractivity contribution is 7.18. The van der Waals surface area contributed by atoms with Crippen molar-refractivity contribution in [3.8, 4) is 10.6 Å². The third-order valence-electron chi connectivity index (χ3n) is 4.51. The summed E-state index contributed by atoms with van der Waals surface area (Å²) in [5.41, 5.74) is 3.09. The smallest absolute Gasteiger partial charge is 0.227 e. The summed E-state index contributed by atoms with van der Waals surface area (Å²) in [6.45, 7) is 4.27. The molecular formula is C22H24N4O2S. The number of aryl methyl sites for hydroxylation is 1. The molecule has 0 radical (unpaired) electrons. The van der Waals surface area contributed by atoms with Crippen LogP contribution in [0.5, 0.6) is 0 Å². The van der Waals surface area contributed by atoms with Crippen LogP contribution in [0.25, 0.3) is 10.6 Å². The molecule has 1 atom stereocenters. The number of rotatable bonds is 8. The molecule has 3 aromatic rings. The highest BCUT2D eigenvalue weighted by Gasteiger charge is 2.18. The number of hydrogen-bond acceptors (Lipinski definition) is 5. The highest BCUT2D eigenvalue weighted by Crippen LogP contribution is 2.26. The summed E-state index contributed by atoms with van der Waals surface area (Å²) < 4.78 is 0. The lowest BCUT2D eigenvalue weighted by Crippen LogP contribution is -2.31. The van der Waals surface area contributed by atoms with Crippen LogP contribution in [0.1, 0.15) is 36.8 Å². The van der Waals surface area contributed by atoms with Gasteiger partial charge in [0.2, 0.25) is 16.9 Å². The lowest BCUT2D eigenvalue weighted by atomic mass is 9.96. The molecule has 29 heavy (non-hydrogen) atoms. The molecule has 3 rings (SSSR count). The molecule has 2 amide bonds. The van der Waals surface area contributed by atoms with Crippen LogP contribution in [-0.2, 0) is 9.59 Å². The monoisotopic (exact) mass is 408 g/mol. The van der Waals surface area contributed by atoms with Crippen molar-refractivity contribution in [1.82, 2.24) is 15.5 Å². The molecule has 0 aliphatic carbocycles. The Bertz CT molecular complexity index is 972. The summed E-state index contributed by atoms with van der Waals surface area (Å²) in [4.78, 5) is 24.6. The van der Waals surface area contributed by atoms with E-state index in [2.05, 4.69) is 20.8 Å². The van der Waals surface area contributed by atoms with Crippen LogP contribution in [-0.4, -0.2) is 28.6 Å². The molecule has 0 aliphatic rings. The van der Waals surface area contributed by atoms with Gasteiger partial charge < -0.3 is 10.6 Å². The van der Waals surface area contributed by atoms with E-state index in [0.717, 1.165) is 21.7 Å². The number of hydrogen-bond donors (Lipinski definition) is 2. The Labute approximate surface area is 174 Å². The largest absolute Gasteiger partial charge is 0.355 e. The standard InChI is InChI=1S/C22H24N4O2S/c1-3-18(16-9-5-4-6-10-16)20(28)23-13-12-19(27)24-22-26-25-21(29-22)17-11-7-8-15(2)14-17/h4-11,14,18H,3,12-13H2,1-2H3,(H,23,28)(H,24,26,27)/t18-/m1/s1. The molecule has 0 aliphatic heterocycles. The maximum Gasteiger partial charge on any atom is 0.227 e. The van der Waals surface area contributed by atoms with Crippen molar-refractivity contribution in [1.29, 1.82) is 0 Å². The molecule has 7 heteroatoms. The summed E-state index contributed by atoms with van der Waals surface area (Å²) in [6.07, 6.45) is 0.880. The molecule has 0 fully saturated rings. The Balaban J connectivity index is 1.48. The normalized spacial score (nSPS) is 11.7. The van der Waals surface area contributed by atoms with E-state index in [0.29, 0.717) is 11.6 Å². The van der Waals surface area contributed by atoms with Crippen molar-refractivity contribution in [3.05, 3.63) is 65.7 Å². The fraction of sp³-hybridized carbons (Fsp3) is 0.273. The predicted octanol–water partition coefficient (Wildman–Crippen LogP) is 4.15. The van der Waals surface area contributed by atoms with Gasteiger partial charge in [0, 0.05) is 18.5 Å². The van der Waals surface area contributed by atoms with Gasteiger partial charge >= 0.3 is 0 Å². The van der Waals surface area contributed by atoms with Gasteiger partial charge in [-0.15, -0.1) is 10.2 Å². The molecule has 150 valence electrons. The van der Waals surface area contributed by atoms with E-state index in [4.69, 9.17) is 0 Å². The number of anilines is 1. The van der Waals surface area contributed by atoms with E-state index in [-0.39, 0.29) is 30.7 Å². The van der Waals surface area contributed by atoms with Crippen molar-refractivity contribution in [2.75, 3.05) is 11.9 Å². The summed E-state index contributed by atoms with van der Waals surface area (Å²) >= 11 is 1.33. The van der Waals surface area contributed by atoms with Gasteiger partial charge in [-0.3, -0.25) is 9.59 Å². The molecule has 0 spiro atoms. The number of nitrogens with one attached hydrogen (secondary N) is 2. The summed E-state index contributed by atoms with van der Waals surface area (Å²) in [7, 11) is 0. The highest BCUT2D eigenvalue weighted by atomic mass is 32.1. The minimum atomic E-state index is -0.209. The maximum absolute atomic E-state index is 12.4. The first-order valence-corrected chi connectivity index (χ1v) is 10.4. The van der Waals surface area contributed by atoms with E-state index in [1.807, 2.05) is 68.4 Å². The topological polar surface area (TPSA) is 84.0 Å². The second-order valence-electron chi connectivity index (χ2n) is 6.74. The number of carbonyl (C=O) groups is 2. The van der Waals surface area contributed by atoms with E-state index in [1.54, 1.807) is 0 Å². The fourth-order valence-corrected chi connectivity index (χ4v) is 3.79. The number of benzene rings is 2. The molecule has 2 aromatic carbocycles. The Morgan fingerprint density at radius 2 is 1.86 bits per heavy atom. The predicted molar refractivity (Wildman–Crippen MR) is 116 cm³/mol. The molecule has 6 nitrogen and oxygen atoms in total. The average molecular weight is 409 g/mol. The number of aromatic nitrogens is 2. The van der Waals surface area contributed by atoms with Crippen LogP contribution in [0.3, 0.4) is 0 Å². The molecule has 0 bridgehead atoms. The van der Waals surface area contributed by atoms with Gasteiger partial charge in [-0.1, -0.05) is 72.4 Å². The van der Waals surface area contributed by atoms with Crippen molar-refractivity contribution >= 4 is 28.3 Å². The van der Waals surface area contributed by atoms with Crippen LogP contribution in [0.15, 0.2) is 54.6 Å². The van der Waals surface area contributed by atoms with Crippen LogP contribution in [0.4, 0.5) is 5.13 Å². The first-order valence-electron chi connectivity index (χ1n) is 9.60. The average Bonchev–Trinajstić information content (AvgIpc) is 3.18. The summed E-state index contributed by atoms with van der Waals surface area (Å²) in [5.74, 6) is -0.478. The first-order chi connectivity index (χ1) is 14.1. The summed E-state index contributed by atoms with van der Waals surface area (Å²) in [6, 6.07) is 17.6. The molecule has 0 saturated carbocycles. The van der Waals surface area contributed by atoms with Crippen molar-refractivity contribution in [3.63, 3.8) is 0 Å². The number of carbonyl (C=O) groups excluding carboxylic acids is 2. The molecule has 1 aromatic heterocycles. The summed E-state index contributed by atoms with van der Waals surface area (Å²) in [5, 5.41) is 15.0. The van der Waals surface area contributed by atoms with Gasteiger partial charge in [0.05, 0.1) is 5.92 Å². The van der Waals surface area contributed by atoms with Gasteiger partial charge in [0.1, 0.15) is 5.01 Å².